The first-order valence-corrected chi connectivity index (χ1v) is 9.10. The van der Waals surface area contributed by atoms with Crippen LogP contribution in [0.25, 0.3) is 0 Å². The molecule has 3 fully saturated rings. The van der Waals surface area contributed by atoms with Gasteiger partial charge in [0.25, 0.3) is 0 Å². The summed E-state index contributed by atoms with van der Waals surface area (Å²) in [7, 11) is 0. The quantitative estimate of drug-likeness (QED) is 0.873. The van der Waals surface area contributed by atoms with Crippen molar-refractivity contribution in [1.82, 2.24) is 15.2 Å². The summed E-state index contributed by atoms with van der Waals surface area (Å²) in [5.74, 6) is 0.503. The van der Waals surface area contributed by atoms with E-state index in [1.807, 2.05) is 24.5 Å². The van der Waals surface area contributed by atoms with Crippen molar-refractivity contribution in [2.75, 3.05) is 44.2 Å². The molecule has 0 bridgehead atoms. The second-order valence-corrected chi connectivity index (χ2v) is 7.00. The van der Waals surface area contributed by atoms with E-state index in [2.05, 4.69) is 20.1 Å². The minimum absolute atomic E-state index is 0.160. The zero-order valence-corrected chi connectivity index (χ0v) is 14.1. The van der Waals surface area contributed by atoms with Crippen LogP contribution in [0.1, 0.15) is 19.3 Å². The Labute approximate surface area is 143 Å². The minimum Gasteiger partial charge on any atom is -0.375 e. The molecule has 3 atom stereocenters. The Kier molecular flexibility index (Phi) is 4.67. The molecule has 1 aliphatic carbocycles. The molecule has 3 aliphatic rings. The SMILES string of the molecule is O=C([C@H]1CC[C@H]2OCCN[C@@H]2C1)N1CCN(c2ccncc2)CC1. The van der Waals surface area contributed by atoms with Crippen LogP contribution in [0.4, 0.5) is 5.69 Å². The van der Waals surface area contributed by atoms with Crippen molar-refractivity contribution in [2.24, 2.45) is 5.92 Å². The van der Waals surface area contributed by atoms with E-state index < -0.39 is 0 Å². The van der Waals surface area contributed by atoms with Gasteiger partial charge in [-0.2, -0.15) is 0 Å². The summed E-state index contributed by atoms with van der Waals surface area (Å²) in [6.45, 7) is 5.14. The lowest BCUT2D eigenvalue weighted by Gasteiger charge is -2.42. The molecule has 1 aromatic rings. The fourth-order valence-electron chi connectivity index (χ4n) is 4.23. The fourth-order valence-corrected chi connectivity index (χ4v) is 4.23. The largest absolute Gasteiger partial charge is 0.375 e. The van der Waals surface area contributed by atoms with Gasteiger partial charge in [-0.05, 0) is 31.4 Å². The zero-order chi connectivity index (χ0) is 16.4. The molecule has 6 heteroatoms. The van der Waals surface area contributed by atoms with E-state index in [0.717, 1.165) is 58.6 Å². The van der Waals surface area contributed by atoms with Crippen LogP contribution in [0.15, 0.2) is 24.5 Å². The molecule has 0 unspecified atom stereocenters. The van der Waals surface area contributed by atoms with Gasteiger partial charge in [-0.3, -0.25) is 9.78 Å². The number of pyridine rings is 1. The number of piperazine rings is 1. The predicted octanol–water partition coefficient (Wildman–Crippen LogP) is 0.887. The fraction of sp³-hybridized carbons (Fsp3) is 0.667. The lowest BCUT2D eigenvalue weighted by molar-refractivity contribution is -0.139. The van der Waals surface area contributed by atoms with Crippen molar-refractivity contribution in [3.05, 3.63) is 24.5 Å². The van der Waals surface area contributed by atoms with Crippen molar-refractivity contribution in [3.8, 4) is 0 Å². The summed E-state index contributed by atoms with van der Waals surface area (Å²) in [4.78, 5) is 21.4. The highest BCUT2D eigenvalue weighted by atomic mass is 16.5. The smallest absolute Gasteiger partial charge is 0.225 e. The molecule has 1 amide bonds. The first-order chi connectivity index (χ1) is 11.8. The van der Waals surface area contributed by atoms with E-state index in [0.29, 0.717) is 18.1 Å². The molecule has 2 aliphatic heterocycles. The number of hydrogen-bond donors (Lipinski definition) is 1. The van der Waals surface area contributed by atoms with Crippen LogP contribution in [0.2, 0.25) is 0 Å². The number of morpholine rings is 1. The first-order valence-electron chi connectivity index (χ1n) is 9.10. The lowest BCUT2D eigenvalue weighted by Crippen LogP contribution is -2.55. The van der Waals surface area contributed by atoms with E-state index in [9.17, 15) is 4.79 Å². The van der Waals surface area contributed by atoms with Crippen LogP contribution >= 0.6 is 0 Å². The van der Waals surface area contributed by atoms with E-state index in [1.165, 1.54) is 5.69 Å². The normalized spacial score (nSPS) is 30.8. The number of fused-ring (bicyclic) bond motifs is 1. The summed E-state index contributed by atoms with van der Waals surface area (Å²) < 4.78 is 5.82. The van der Waals surface area contributed by atoms with Crippen molar-refractivity contribution in [1.29, 1.82) is 0 Å². The molecule has 1 N–H and O–H groups in total. The van der Waals surface area contributed by atoms with Crippen LogP contribution in [-0.4, -0.2) is 67.3 Å². The molecule has 6 nitrogen and oxygen atoms in total. The van der Waals surface area contributed by atoms with Gasteiger partial charge in [0.15, 0.2) is 0 Å². The number of carbonyl (C=O) groups excluding carboxylic acids is 1. The second-order valence-electron chi connectivity index (χ2n) is 7.00. The maximum Gasteiger partial charge on any atom is 0.225 e. The van der Waals surface area contributed by atoms with Gasteiger partial charge < -0.3 is 19.9 Å². The summed E-state index contributed by atoms with van der Waals surface area (Å²) in [6, 6.07) is 4.43. The number of nitrogens with zero attached hydrogens (tertiary/aromatic N) is 3. The van der Waals surface area contributed by atoms with Gasteiger partial charge in [0.1, 0.15) is 0 Å². The van der Waals surface area contributed by atoms with E-state index in [1.54, 1.807) is 0 Å². The molecule has 0 aromatic carbocycles. The third kappa shape index (κ3) is 3.26. The molecular weight excluding hydrogens is 304 g/mol. The molecule has 1 saturated carbocycles. The summed E-state index contributed by atoms with van der Waals surface area (Å²) in [5.41, 5.74) is 1.20. The topological polar surface area (TPSA) is 57.7 Å². The summed E-state index contributed by atoms with van der Waals surface area (Å²) in [6.07, 6.45) is 6.85. The maximum absolute atomic E-state index is 12.9. The van der Waals surface area contributed by atoms with Gasteiger partial charge in [-0.25, -0.2) is 0 Å². The van der Waals surface area contributed by atoms with Crippen LogP contribution in [0.5, 0.6) is 0 Å². The molecular formula is C18H26N4O2. The first kappa shape index (κ1) is 15.8. The highest BCUT2D eigenvalue weighted by molar-refractivity contribution is 5.79. The Hall–Kier alpha value is -1.66. The zero-order valence-electron chi connectivity index (χ0n) is 14.1. The molecule has 130 valence electrons. The number of nitrogens with one attached hydrogen (secondary N) is 1. The number of aromatic nitrogens is 1. The Morgan fingerprint density at radius 3 is 2.75 bits per heavy atom. The number of hydrogen-bond acceptors (Lipinski definition) is 5. The lowest BCUT2D eigenvalue weighted by atomic mass is 9.82. The van der Waals surface area contributed by atoms with E-state index in [4.69, 9.17) is 4.74 Å². The monoisotopic (exact) mass is 330 g/mol. The van der Waals surface area contributed by atoms with Gasteiger partial charge in [0, 0.05) is 62.8 Å². The van der Waals surface area contributed by atoms with E-state index >= 15 is 0 Å². The van der Waals surface area contributed by atoms with Crippen molar-refractivity contribution in [2.45, 2.75) is 31.4 Å². The Morgan fingerprint density at radius 1 is 1.17 bits per heavy atom. The van der Waals surface area contributed by atoms with Gasteiger partial charge in [-0.15, -0.1) is 0 Å². The average Bonchev–Trinajstić information content (AvgIpc) is 2.68. The summed E-state index contributed by atoms with van der Waals surface area (Å²) >= 11 is 0. The van der Waals surface area contributed by atoms with Crippen LogP contribution < -0.4 is 10.2 Å². The average molecular weight is 330 g/mol. The number of amides is 1. The van der Waals surface area contributed by atoms with Crippen molar-refractivity contribution in [3.63, 3.8) is 0 Å². The molecule has 0 radical (unpaired) electrons. The third-order valence-electron chi connectivity index (χ3n) is 5.60. The minimum atomic E-state index is 0.160. The predicted molar refractivity (Wildman–Crippen MR) is 91.9 cm³/mol. The number of rotatable bonds is 2. The summed E-state index contributed by atoms with van der Waals surface area (Å²) in [5, 5.41) is 3.53. The number of carbonyl (C=O) groups is 1. The molecule has 2 saturated heterocycles. The molecule has 3 heterocycles. The van der Waals surface area contributed by atoms with Crippen LogP contribution in [0.3, 0.4) is 0 Å². The number of anilines is 1. The molecule has 0 spiro atoms. The molecule has 4 rings (SSSR count). The van der Waals surface area contributed by atoms with Gasteiger partial charge in [0.2, 0.25) is 5.91 Å². The second kappa shape index (κ2) is 7.07. The van der Waals surface area contributed by atoms with Crippen molar-refractivity contribution < 1.29 is 9.53 Å². The van der Waals surface area contributed by atoms with E-state index in [-0.39, 0.29) is 5.92 Å². The van der Waals surface area contributed by atoms with Crippen LogP contribution in [-0.2, 0) is 9.53 Å². The Bertz CT molecular complexity index is 559. The molecule has 24 heavy (non-hydrogen) atoms. The van der Waals surface area contributed by atoms with Crippen molar-refractivity contribution >= 4 is 11.6 Å². The maximum atomic E-state index is 12.9. The highest BCUT2D eigenvalue weighted by Crippen LogP contribution is 2.30. The standard InChI is InChI=1S/C18H26N4O2/c23-18(14-1-2-17-16(13-14)20-7-12-24-17)22-10-8-21(9-11-22)15-3-5-19-6-4-15/h3-6,14,16-17,20H,1-2,7-13H2/t14-,16+,17+/m0/s1. The Balaban J connectivity index is 1.31. The number of ether oxygens (including phenoxy) is 1. The Morgan fingerprint density at radius 2 is 1.96 bits per heavy atom. The highest BCUT2D eigenvalue weighted by Gasteiger charge is 2.37. The molecule has 1 aromatic heterocycles. The third-order valence-corrected chi connectivity index (χ3v) is 5.60. The van der Waals surface area contributed by atoms with Crippen LogP contribution in [0, 0.1) is 5.92 Å². The van der Waals surface area contributed by atoms with Gasteiger partial charge in [0.05, 0.1) is 12.7 Å². The van der Waals surface area contributed by atoms with Gasteiger partial charge >= 0.3 is 0 Å². The van der Waals surface area contributed by atoms with Gasteiger partial charge in [-0.1, -0.05) is 0 Å².